The van der Waals surface area contributed by atoms with E-state index in [1.165, 1.54) is 12.3 Å². The van der Waals surface area contributed by atoms with Gasteiger partial charge in [-0.05, 0) is 43.5 Å². The summed E-state index contributed by atoms with van der Waals surface area (Å²) in [6.07, 6.45) is 3.35. The van der Waals surface area contributed by atoms with Crippen molar-refractivity contribution in [2.45, 2.75) is 32.5 Å². The molecule has 0 atom stereocenters. The minimum absolute atomic E-state index is 0.000993. The molecule has 4 rings (SSSR count). The Balaban J connectivity index is 1.81. The third-order valence-electron chi connectivity index (χ3n) is 4.13. The Morgan fingerprint density at radius 1 is 1.28 bits per heavy atom. The SMILES string of the molecule is Cc1c(-c2ccc(OC(F)F)c(OC3CC3)c2)[nH]c2cn[nH]c(=O)c12. The molecule has 130 valence electrons. The van der Waals surface area contributed by atoms with Crippen LogP contribution in [0.2, 0.25) is 0 Å². The second-order valence-electron chi connectivity index (χ2n) is 5.97. The normalized spacial score (nSPS) is 14.2. The number of rotatable bonds is 5. The van der Waals surface area contributed by atoms with E-state index in [-0.39, 0.29) is 23.2 Å². The number of nitrogens with one attached hydrogen (secondary N) is 2. The van der Waals surface area contributed by atoms with Crippen molar-refractivity contribution in [3.63, 3.8) is 0 Å². The number of hydrogen-bond donors (Lipinski definition) is 2. The molecular formula is C17H15F2N3O3. The van der Waals surface area contributed by atoms with Gasteiger partial charge < -0.3 is 14.5 Å². The Labute approximate surface area is 140 Å². The molecule has 1 aliphatic carbocycles. The minimum Gasteiger partial charge on any atom is -0.487 e. The van der Waals surface area contributed by atoms with E-state index in [4.69, 9.17) is 4.74 Å². The lowest BCUT2D eigenvalue weighted by molar-refractivity contribution is -0.0516. The van der Waals surface area contributed by atoms with Crippen LogP contribution < -0.4 is 15.0 Å². The number of halogens is 2. The smallest absolute Gasteiger partial charge is 0.387 e. The van der Waals surface area contributed by atoms with Gasteiger partial charge in [-0.25, -0.2) is 5.10 Å². The average Bonchev–Trinajstić information content (AvgIpc) is 3.31. The zero-order valence-electron chi connectivity index (χ0n) is 13.3. The molecule has 0 spiro atoms. The van der Waals surface area contributed by atoms with Crippen molar-refractivity contribution < 1.29 is 18.3 Å². The van der Waals surface area contributed by atoms with E-state index in [1.54, 1.807) is 12.1 Å². The highest BCUT2D eigenvalue weighted by atomic mass is 19.3. The second-order valence-corrected chi connectivity index (χ2v) is 5.97. The van der Waals surface area contributed by atoms with Crippen molar-refractivity contribution in [2.24, 2.45) is 0 Å². The molecule has 1 fully saturated rings. The summed E-state index contributed by atoms with van der Waals surface area (Å²) in [7, 11) is 0. The Hall–Kier alpha value is -2.90. The van der Waals surface area contributed by atoms with Crippen LogP contribution >= 0.6 is 0 Å². The number of aromatic nitrogens is 3. The molecule has 1 aromatic carbocycles. The molecule has 2 N–H and O–H groups in total. The molecule has 0 bridgehead atoms. The molecule has 0 saturated heterocycles. The number of aromatic amines is 2. The van der Waals surface area contributed by atoms with Crippen LogP contribution in [0, 0.1) is 6.92 Å². The summed E-state index contributed by atoms with van der Waals surface area (Å²) in [5, 5.41) is 6.69. The monoisotopic (exact) mass is 347 g/mol. The van der Waals surface area contributed by atoms with E-state index in [1.807, 2.05) is 6.92 Å². The summed E-state index contributed by atoms with van der Waals surface area (Å²) in [4.78, 5) is 15.1. The van der Waals surface area contributed by atoms with Gasteiger partial charge in [0.25, 0.3) is 5.56 Å². The summed E-state index contributed by atoms with van der Waals surface area (Å²) < 4.78 is 35.4. The van der Waals surface area contributed by atoms with Gasteiger partial charge in [-0.2, -0.15) is 13.9 Å². The largest absolute Gasteiger partial charge is 0.487 e. The van der Waals surface area contributed by atoms with Crippen molar-refractivity contribution >= 4 is 10.9 Å². The van der Waals surface area contributed by atoms with Gasteiger partial charge in [0.05, 0.1) is 23.2 Å². The van der Waals surface area contributed by atoms with Crippen molar-refractivity contribution in [1.82, 2.24) is 15.2 Å². The van der Waals surface area contributed by atoms with Crippen LogP contribution in [-0.2, 0) is 0 Å². The predicted molar refractivity (Wildman–Crippen MR) is 87.2 cm³/mol. The lowest BCUT2D eigenvalue weighted by Gasteiger charge is -2.13. The van der Waals surface area contributed by atoms with Gasteiger partial charge in [-0.3, -0.25) is 4.79 Å². The summed E-state index contributed by atoms with van der Waals surface area (Å²) >= 11 is 0. The molecule has 0 unspecified atom stereocenters. The third kappa shape index (κ3) is 2.95. The average molecular weight is 347 g/mol. The van der Waals surface area contributed by atoms with Gasteiger partial charge in [0, 0.05) is 11.3 Å². The van der Waals surface area contributed by atoms with Crippen LogP contribution in [0.25, 0.3) is 22.2 Å². The summed E-state index contributed by atoms with van der Waals surface area (Å²) in [5.74, 6) is 0.268. The van der Waals surface area contributed by atoms with E-state index in [2.05, 4.69) is 19.9 Å². The molecule has 1 saturated carbocycles. The first-order valence-electron chi connectivity index (χ1n) is 7.85. The first-order valence-corrected chi connectivity index (χ1v) is 7.85. The molecule has 3 aromatic rings. The molecule has 8 heteroatoms. The van der Waals surface area contributed by atoms with Gasteiger partial charge in [0.15, 0.2) is 11.5 Å². The standard InChI is InChI=1S/C17H15F2N3O3/c1-8-14-11(7-20-22-16(14)23)21-15(8)9-2-5-12(25-17(18)19)13(6-9)24-10-3-4-10/h2,5-7,10,17,21H,3-4H2,1H3,(H,22,23). The fourth-order valence-corrected chi connectivity index (χ4v) is 2.82. The molecule has 0 aliphatic heterocycles. The molecule has 2 aromatic heterocycles. The van der Waals surface area contributed by atoms with Gasteiger partial charge in [-0.1, -0.05) is 0 Å². The first-order chi connectivity index (χ1) is 12.0. The molecule has 25 heavy (non-hydrogen) atoms. The Kier molecular flexibility index (Phi) is 3.67. The Bertz CT molecular complexity index is 992. The van der Waals surface area contributed by atoms with Crippen LogP contribution in [0.15, 0.2) is 29.2 Å². The second kappa shape index (κ2) is 5.87. The molecule has 0 amide bonds. The summed E-state index contributed by atoms with van der Waals surface area (Å²) in [5.41, 5.74) is 2.49. The zero-order valence-corrected chi connectivity index (χ0v) is 13.3. The lowest BCUT2D eigenvalue weighted by atomic mass is 10.1. The lowest BCUT2D eigenvalue weighted by Crippen LogP contribution is -2.07. The minimum atomic E-state index is -2.92. The molecule has 1 aliphatic rings. The fourth-order valence-electron chi connectivity index (χ4n) is 2.82. The van der Waals surface area contributed by atoms with E-state index < -0.39 is 6.61 Å². The van der Waals surface area contributed by atoms with Crippen LogP contribution in [0.3, 0.4) is 0 Å². The number of ether oxygens (including phenoxy) is 2. The van der Waals surface area contributed by atoms with E-state index in [0.717, 1.165) is 18.4 Å². The number of alkyl halides is 2. The van der Waals surface area contributed by atoms with Gasteiger partial charge in [-0.15, -0.1) is 0 Å². The van der Waals surface area contributed by atoms with Crippen molar-refractivity contribution in [3.05, 3.63) is 40.3 Å². The van der Waals surface area contributed by atoms with Crippen LogP contribution in [0.4, 0.5) is 8.78 Å². The quantitative estimate of drug-likeness (QED) is 0.742. The number of nitrogens with zero attached hydrogens (tertiary/aromatic N) is 1. The third-order valence-corrected chi connectivity index (χ3v) is 4.13. The Morgan fingerprint density at radius 3 is 2.76 bits per heavy atom. The highest BCUT2D eigenvalue weighted by Crippen LogP contribution is 2.38. The van der Waals surface area contributed by atoms with E-state index >= 15 is 0 Å². The topological polar surface area (TPSA) is 80.0 Å². The highest BCUT2D eigenvalue weighted by Gasteiger charge is 2.26. The molecule has 6 nitrogen and oxygen atoms in total. The fraction of sp³-hybridized carbons (Fsp3) is 0.294. The maximum atomic E-state index is 12.6. The zero-order chi connectivity index (χ0) is 17.6. The number of benzene rings is 1. The number of H-pyrrole nitrogens is 2. The predicted octanol–water partition coefficient (Wildman–Crippen LogP) is 3.37. The van der Waals surface area contributed by atoms with Crippen molar-refractivity contribution in [3.8, 4) is 22.8 Å². The molecular weight excluding hydrogens is 332 g/mol. The van der Waals surface area contributed by atoms with Gasteiger partial charge in [0.2, 0.25) is 0 Å². The highest BCUT2D eigenvalue weighted by molar-refractivity contribution is 5.89. The van der Waals surface area contributed by atoms with Crippen LogP contribution in [0.5, 0.6) is 11.5 Å². The molecule has 2 heterocycles. The van der Waals surface area contributed by atoms with Crippen LogP contribution in [0.1, 0.15) is 18.4 Å². The Morgan fingerprint density at radius 2 is 2.08 bits per heavy atom. The maximum Gasteiger partial charge on any atom is 0.387 e. The van der Waals surface area contributed by atoms with E-state index in [9.17, 15) is 13.6 Å². The van der Waals surface area contributed by atoms with Gasteiger partial charge >= 0.3 is 6.61 Å². The number of aryl methyl sites for hydroxylation is 1. The van der Waals surface area contributed by atoms with Crippen LogP contribution in [-0.4, -0.2) is 27.9 Å². The summed E-state index contributed by atoms with van der Waals surface area (Å²) in [6.45, 7) is -1.11. The van der Waals surface area contributed by atoms with Crippen molar-refractivity contribution in [2.75, 3.05) is 0 Å². The number of fused-ring (bicyclic) bond motifs is 1. The molecule has 0 radical (unpaired) electrons. The van der Waals surface area contributed by atoms with E-state index in [0.29, 0.717) is 22.2 Å². The first kappa shape index (κ1) is 15.6. The van der Waals surface area contributed by atoms with Crippen molar-refractivity contribution in [1.29, 1.82) is 0 Å². The summed E-state index contributed by atoms with van der Waals surface area (Å²) in [6, 6.07) is 4.75. The van der Waals surface area contributed by atoms with Gasteiger partial charge in [0.1, 0.15) is 0 Å². The number of hydrogen-bond acceptors (Lipinski definition) is 4. The maximum absolute atomic E-state index is 12.6.